The van der Waals surface area contributed by atoms with Crippen LogP contribution in [0.4, 0.5) is 11.6 Å². The van der Waals surface area contributed by atoms with E-state index in [0.29, 0.717) is 5.82 Å². The minimum Gasteiger partial charge on any atom is -0.363 e. The van der Waals surface area contributed by atoms with Gasteiger partial charge in [0, 0.05) is 24.9 Å². The van der Waals surface area contributed by atoms with Crippen molar-refractivity contribution in [2.75, 3.05) is 10.7 Å². The lowest BCUT2D eigenvalue weighted by molar-refractivity contribution is 0.851. The smallest absolute Gasteiger partial charge is 0.145 e. The third-order valence-electron chi connectivity index (χ3n) is 2.79. The molecule has 0 saturated carbocycles. The molecule has 0 fully saturated rings. The van der Waals surface area contributed by atoms with Gasteiger partial charge in [-0.25, -0.2) is 15.8 Å². The van der Waals surface area contributed by atoms with E-state index in [2.05, 4.69) is 32.6 Å². The first-order valence-electron chi connectivity index (χ1n) is 6.24. The number of hydrogen-bond acceptors (Lipinski definition) is 6. The predicted molar refractivity (Wildman–Crippen MR) is 75.5 cm³/mol. The molecule has 1 unspecified atom stereocenters. The Labute approximate surface area is 112 Å². The van der Waals surface area contributed by atoms with Crippen molar-refractivity contribution < 1.29 is 0 Å². The predicted octanol–water partition coefficient (Wildman–Crippen LogP) is 1.89. The van der Waals surface area contributed by atoms with E-state index in [1.165, 1.54) is 0 Å². The third-order valence-corrected chi connectivity index (χ3v) is 2.79. The molecule has 6 nitrogen and oxygen atoms in total. The van der Waals surface area contributed by atoms with Gasteiger partial charge in [-0.3, -0.25) is 4.98 Å². The summed E-state index contributed by atoms with van der Waals surface area (Å²) in [5.41, 5.74) is 3.65. The monoisotopic (exact) mass is 258 g/mol. The van der Waals surface area contributed by atoms with E-state index in [9.17, 15) is 0 Å². The van der Waals surface area contributed by atoms with Crippen LogP contribution in [0.3, 0.4) is 0 Å². The molecule has 19 heavy (non-hydrogen) atoms. The average Bonchev–Trinajstić information content (AvgIpc) is 2.47. The van der Waals surface area contributed by atoms with Crippen molar-refractivity contribution in [1.29, 1.82) is 0 Å². The van der Waals surface area contributed by atoms with Crippen LogP contribution in [0.25, 0.3) is 0 Å². The van der Waals surface area contributed by atoms with Crippen molar-refractivity contribution in [1.82, 2.24) is 15.0 Å². The molecule has 2 heterocycles. The van der Waals surface area contributed by atoms with Crippen LogP contribution in [0, 0.1) is 0 Å². The van der Waals surface area contributed by atoms with Crippen LogP contribution in [0.15, 0.2) is 30.6 Å². The van der Waals surface area contributed by atoms with Crippen LogP contribution in [0.1, 0.15) is 31.3 Å². The minimum atomic E-state index is 0.110. The third kappa shape index (κ3) is 3.38. The highest BCUT2D eigenvalue weighted by molar-refractivity contribution is 5.48. The van der Waals surface area contributed by atoms with Crippen LogP contribution >= 0.6 is 0 Å². The number of hydrogen-bond donors (Lipinski definition) is 3. The highest BCUT2D eigenvalue weighted by Gasteiger charge is 2.08. The summed E-state index contributed by atoms with van der Waals surface area (Å²) in [7, 11) is 0. The Morgan fingerprint density at radius 3 is 2.74 bits per heavy atom. The lowest BCUT2D eigenvalue weighted by Gasteiger charge is -2.15. The van der Waals surface area contributed by atoms with E-state index in [-0.39, 0.29) is 6.04 Å². The quantitative estimate of drug-likeness (QED) is 0.560. The van der Waals surface area contributed by atoms with Gasteiger partial charge in [0.25, 0.3) is 0 Å². The Morgan fingerprint density at radius 2 is 2.11 bits per heavy atom. The van der Waals surface area contributed by atoms with Gasteiger partial charge in [-0.05, 0) is 18.6 Å². The van der Waals surface area contributed by atoms with Crippen molar-refractivity contribution in [2.45, 2.75) is 26.3 Å². The van der Waals surface area contributed by atoms with Gasteiger partial charge in [0.2, 0.25) is 0 Å². The molecule has 0 spiro atoms. The van der Waals surface area contributed by atoms with E-state index in [0.717, 1.165) is 23.6 Å². The zero-order chi connectivity index (χ0) is 13.7. The number of pyridine rings is 1. The summed E-state index contributed by atoms with van der Waals surface area (Å²) >= 11 is 0. The Hall–Kier alpha value is -2.21. The summed E-state index contributed by atoms with van der Waals surface area (Å²) in [6.07, 6.45) is 4.35. The van der Waals surface area contributed by atoms with E-state index in [1.54, 1.807) is 12.3 Å². The standard InChI is InChI=1S/C13H18N6/c1-3-11-17-12(7-13(18-11)19-14)16-9(2)10-5-4-6-15-8-10/h4-9H,3,14H2,1-2H3,(H2,16,17,18,19). The topological polar surface area (TPSA) is 88.8 Å². The second-order valence-electron chi connectivity index (χ2n) is 4.20. The van der Waals surface area contributed by atoms with E-state index in [4.69, 9.17) is 5.84 Å². The molecular weight excluding hydrogens is 240 g/mol. The zero-order valence-corrected chi connectivity index (χ0v) is 11.1. The molecular formula is C13H18N6. The summed E-state index contributed by atoms with van der Waals surface area (Å²) in [4.78, 5) is 12.8. The fraction of sp³-hybridized carbons (Fsp3) is 0.308. The molecule has 4 N–H and O–H groups in total. The number of nitrogens with two attached hydrogens (primary N) is 1. The summed E-state index contributed by atoms with van der Waals surface area (Å²) in [5.74, 6) is 7.50. The van der Waals surface area contributed by atoms with Crippen molar-refractivity contribution in [3.63, 3.8) is 0 Å². The number of nitrogen functional groups attached to an aromatic ring is 1. The van der Waals surface area contributed by atoms with Crippen LogP contribution in [0.2, 0.25) is 0 Å². The molecule has 0 bridgehead atoms. The Kier molecular flexibility index (Phi) is 4.25. The van der Waals surface area contributed by atoms with Gasteiger partial charge in [-0.15, -0.1) is 0 Å². The van der Waals surface area contributed by atoms with Gasteiger partial charge in [0.05, 0.1) is 6.04 Å². The second-order valence-corrected chi connectivity index (χ2v) is 4.20. The molecule has 2 rings (SSSR count). The van der Waals surface area contributed by atoms with Crippen molar-refractivity contribution in [3.8, 4) is 0 Å². The number of nitrogens with one attached hydrogen (secondary N) is 2. The highest BCUT2D eigenvalue weighted by atomic mass is 15.3. The number of aryl methyl sites for hydroxylation is 1. The number of hydrazine groups is 1. The van der Waals surface area contributed by atoms with Gasteiger partial charge in [-0.2, -0.15) is 0 Å². The molecule has 0 aromatic carbocycles. The molecule has 0 amide bonds. The molecule has 100 valence electrons. The molecule has 0 aliphatic heterocycles. The Morgan fingerprint density at radius 1 is 1.32 bits per heavy atom. The van der Waals surface area contributed by atoms with Crippen molar-refractivity contribution in [3.05, 3.63) is 42.0 Å². The van der Waals surface area contributed by atoms with Gasteiger partial charge in [0.1, 0.15) is 17.5 Å². The van der Waals surface area contributed by atoms with Gasteiger partial charge in [0.15, 0.2) is 0 Å². The molecule has 0 saturated heterocycles. The van der Waals surface area contributed by atoms with Gasteiger partial charge in [-0.1, -0.05) is 13.0 Å². The summed E-state index contributed by atoms with van der Waals surface area (Å²) in [5, 5.41) is 3.32. The largest absolute Gasteiger partial charge is 0.363 e. The maximum absolute atomic E-state index is 5.41. The van der Waals surface area contributed by atoms with E-state index < -0.39 is 0 Å². The maximum atomic E-state index is 5.41. The summed E-state index contributed by atoms with van der Waals surface area (Å²) in [6, 6.07) is 5.83. The van der Waals surface area contributed by atoms with E-state index in [1.807, 2.05) is 25.3 Å². The van der Waals surface area contributed by atoms with Crippen LogP contribution in [-0.2, 0) is 6.42 Å². The van der Waals surface area contributed by atoms with Crippen molar-refractivity contribution in [2.24, 2.45) is 5.84 Å². The normalized spacial score (nSPS) is 11.9. The second kappa shape index (κ2) is 6.10. The fourth-order valence-electron chi connectivity index (χ4n) is 1.74. The highest BCUT2D eigenvalue weighted by Crippen LogP contribution is 2.18. The molecule has 2 aromatic heterocycles. The van der Waals surface area contributed by atoms with Crippen LogP contribution in [-0.4, -0.2) is 15.0 Å². The Bertz CT molecular complexity index is 506. The number of rotatable bonds is 5. The molecule has 2 aromatic rings. The first kappa shape index (κ1) is 13.2. The van der Waals surface area contributed by atoms with Gasteiger partial charge < -0.3 is 10.7 Å². The lowest BCUT2D eigenvalue weighted by Crippen LogP contribution is -2.13. The molecule has 0 aliphatic carbocycles. The first-order valence-corrected chi connectivity index (χ1v) is 6.24. The minimum absolute atomic E-state index is 0.110. The zero-order valence-electron chi connectivity index (χ0n) is 11.1. The molecule has 0 aliphatic rings. The molecule has 0 radical (unpaired) electrons. The van der Waals surface area contributed by atoms with Crippen molar-refractivity contribution >= 4 is 11.6 Å². The fourth-order valence-corrected chi connectivity index (χ4v) is 1.74. The number of nitrogens with zero attached hydrogens (tertiary/aromatic N) is 3. The summed E-state index contributed by atoms with van der Waals surface area (Å²) in [6.45, 7) is 4.06. The number of aromatic nitrogens is 3. The lowest BCUT2D eigenvalue weighted by atomic mass is 10.1. The Balaban J connectivity index is 2.18. The first-order chi connectivity index (χ1) is 9.22. The molecule has 1 atom stereocenters. The average molecular weight is 258 g/mol. The SMILES string of the molecule is CCc1nc(NN)cc(NC(C)c2cccnc2)n1. The maximum Gasteiger partial charge on any atom is 0.145 e. The van der Waals surface area contributed by atoms with Crippen LogP contribution < -0.4 is 16.6 Å². The number of anilines is 2. The van der Waals surface area contributed by atoms with Gasteiger partial charge >= 0.3 is 0 Å². The van der Waals surface area contributed by atoms with E-state index >= 15 is 0 Å². The van der Waals surface area contributed by atoms with Crippen LogP contribution in [0.5, 0.6) is 0 Å². The molecule has 6 heteroatoms. The summed E-state index contributed by atoms with van der Waals surface area (Å²) < 4.78 is 0.